The number of nitrogens with zero attached hydrogens (tertiary/aromatic N) is 1. The maximum absolute atomic E-state index is 13.4. The molecular weight excluding hydrogens is 476 g/mol. The molecular formula is C27H22Cl2FNO3. The number of rotatable bonds is 6. The number of benzene rings is 3. The zero-order valence-corrected chi connectivity index (χ0v) is 20.4. The van der Waals surface area contributed by atoms with Crippen LogP contribution >= 0.6 is 23.2 Å². The number of ether oxygens (including phenoxy) is 2. The minimum atomic E-state index is -0.404. The monoisotopic (exact) mass is 497 g/mol. The number of carbonyl (C=O) groups is 1. The van der Waals surface area contributed by atoms with Crippen molar-refractivity contribution in [3.05, 3.63) is 105 Å². The van der Waals surface area contributed by atoms with Crippen molar-refractivity contribution in [1.82, 2.24) is 4.57 Å². The van der Waals surface area contributed by atoms with Crippen LogP contribution in [0.5, 0.6) is 5.75 Å². The summed E-state index contributed by atoms with van der Waals surface area (Å²) >= 11 is 12.5. The van der Waals surface area contributed by atoms with Gasteiger partial charge in [-0.2, -0.15) is 0 Å². The third kappa shape index (κ3) is 4.81. The average molecular weight is 498 g/mol. The second-order valence-electron chi connectivity index (χ2n) is 7.85. The van der Waals surface area contributed by atoms with Crippen molar-refractivity contribution in [3.63, 3.8) is 0 Å². The second-order valence-corrected chi connectivity index (χ2v) is 8.69. The molecule has 7 heteroatoms. The molecule has 0 saturated carbocycles. The van der Waals surface area contributed by atoms with E-state index in [1.165, 1.54) is 19.2 Å². The summed E-state index contributed by atoms with van der Waals surface area (Å²) in [5, 5.41) is 0.844. The van der Waals surface area contributed by atoms with Crippen LogP contribution in [0.25, 0.3) is 16.9 Å². The van der Waals surface area contributed by atoms with Crippen LogP contribution in [0.15, 0.2) is 66.7 Å². The lowest BCUT2D eigenvalue weighted by molar-refractivity contribution is 0.0600. The molecule has 4 nitrogen and oxygen atoms in total. The Labute approximate surface area is 207 Å². The van der Waals surface area contributed by atoms with E-state index in [2.05, 4.69) is 0 Å². The van der Waals surface area contributed by atoms with Crippen LogP contribution in [-0.4, -0.2) is 17.6 Å². The van der Waals surface area contributed by atoms with E-state index in [0.29, 0.717) is 26.9 Å². The summed E-state index contributed by atoms with van der Waals surface area (Å²) in [5.41, 5.74) is 5.34. The van der Waals surface area contributed by atoms with Crippen molar-refractivity contribution in [3.8, 4) is 22.7 Å². The van der Waals surface area contributed by atoms with Gasteiger partial charge in [-0.25, -0.2) is 9.18 Å². The van der Waals surface area contributed by atoms with Crippen LogP contribution in [0, 0.1) is 19.7 Å². The van der Waals surface area contributed by atoms with Gasteiger partial charge in [0.05, 0.1) is 23.4 Å². The fourth-order valence-corrected chi connectivity index (χ4v) is 4.19. The Balaban J connectivity index is 1.77. The van der Waals surface area contributed by atoms with Gasteiger partial charge >= 0.3 is 5.97 Å². The van der Waals surface area contributed by atoms with Crippen LogP contribution in [0.2, 0.25) is 10.0 Å². The van der Waals surface area contributed by atoms with Crippen molar-refractivity contribution in [1.29, 1.82) is 0 Å². The molecule has 0 N–H and O–H groups in total. The van der Waals surface area contributed by atoms with Crippen LogP contribution in [-0.2, 0) is 11.3 Å². The van der Waals surface area contributed by atoms with Gasteiger partial charge in [-0.05, 0) is 74.0 Å². The summed E-state index contributed by atoms with van der Waals surface area (Å²) in [6.45, 7) is 4.00. The Hall–Kier alpha value is -3.28. The Morgan fingerprint density at radius 2 is 1.76 bits per heavy atom. The Kier molecular flexibility index (Phi) is 6.96. The number of aryl methyl sites for hydroxylation is 2. The minimum absolute atomic E-state index is 0.157. The zero-order valence-electron chi connectivity index (χ0n) is 18.9. The Morgan fingerprint density at radius 3 is 2.50 bits per heavy atom. The molecule has 174 valence electrons. The molecule has 0 spiro atoms. The highest BCUT2D eigenvalue weighted by atomic mass is 35.5. The van der Waals surface area contributed by atoms with E-state index in [4.69, 9.17) is 32.7 Å². The van der Waals surface area contributed by atoms with Gasteiger partial charge in [-0.3, -0.25) is 0 Å². The Bertz CT molecular complexity index is 1380. The molecule has 0 aliphatic heterocycles. The molecule has 0 aliphatic carbocycles. The van der Waals surface area contributed by atoms with Crippen molar-refractivity contribution < 1.29 is 18.7 Å². The zero-order chi connectivity index (χ0) is 24.4. The number of carbonyl (C=O) groups excluding carboxylic acids is 1. The predicted octanol–water partition coefficient (Wildman–Crippen LogP) is 7.57. The highest BCUT2D eigenvalue weighted by molar-refractivity contribution is 6.31. The SMILES string of the molecule is COC(=O)c1cc(-n2c(C)ccc2-c2cc(Cl)ccc2OCc2ccc(F)cc2Cl)ccc1C. The normalized spacial score (nSPS) is 10.9. The molecule has 1 aromatic heterocycles. The molecule has 0 amide bonds. The lowest BCUT2D eigenvalue weighted by Crippen LogP contribution is -2.07. The highest BCUT2D eigenvalue weighted by Crippen LogP contribution is 2.36. The largest absolute Gasteiger partial charge is 0.488 e. The van der Waals surface area contributed by atoms with Crippen LogP contribution in [0.4, 0.5) is 4.39 Å². The first-order valence-electron chi connectivity index (χ1n) is 10.5. The van der Waals surface area contributed by atoms with Crippen LogP contribution in [0.3, 0.4) is 0 Å². The summed E-state index contributed by atoms with van der Waals surface area (Å²) in [6, 6.07) is 19.1. The summed E-state index contributed by atoms with van der Waals surface area (Å²) in [6.07, 6.45) is 0. The van der Waals surface area contributed by atoms with Gasteiger partial charge < -0.3 is 14.0 Å². The Morgan fingerprint density at radius 1 is 0.971 bits per heavy atom. The van der Waals surface area contributed by atoms with Gasteiger partial charge in [0.2, 0.25) is 0 Å². The van der Waals surface area contributed by atoms with Gasteiger partial charge in [0, 0.05) is 27.5 Å². The molecule has 34 heavy (non-hydrogen) atoms. The van der Waals surface area contributed by atoms with Gasteiger partial charge in [0.15, 0.2) is 0 Å². The molecule has 0 fully saturated rings. The molecule has 0 saturated heterocycles. The van der Waals surface area contributed by atoms with Crippen molar-refractivity contribution in [2.45, 2.75) is 20.5 Å². The molecule has 0 radical (unpaired) electrons. The molecule has 0 bridgehead atoms. The van der Waals surface area contributed by atoms with E-state index in [-0.39, 0.29) is 6.61 Å². The smallest absolute Gasteiger partial charge is 0.338 e. The van der Waals surface area contributed by atoms with Gasteiger partial charge in [0.25, 0.3) is 0 Å². The molecule has 3 aromatic carbocycles. The quantitative estimate of drug-likeness (QED) is 0.258. The topological polar surface area (TPSA) is 40.5 Å². The highest BCUT2D eigenvalue weighted by Gasteiger charge is 2.18. The lowest BCUT2D eigenvalue weighted by Gasteiger charge is -2.17. The number of hydrogen-bond donors (Lipinski definition) is 0. The van der Waals surface area contributed by atoms with Gasteiger partial charge in [-0.1, -0.05) is 35.3 Å². The fraction of sp³-hybridized carbons (Fsp3) is 0.148. The number of aromatic nitrogens is 1. The fourth-order valence-electron chi connectivity index (χ4n) is 3.79. The van der Waals surface area contributed by atoms with E-state index < -0.39 is 11.8 Å². The van der Waals surface area contributed by atoms with Crippen molar-refractivity contribution in [2.75, 3.05) is 7.11 Å². The lowest BCUT2D eigenvalue weighted by atomic mass is 10.1. The molecule has 0 unspecified atom stereocenters. The summed E-state index contributed by atoms with van der Waals surface area (Å²) < 4.78 is 26.5. The van der Waals surface area contributed by atoms with Gasteiger partial charge in [-0.15, -0.1) is 0 Å². The predicted molar refractivity (Wildman–Crippen MR) is 133 cm³/mol. The van der Waals surface area contributed by atoms with Crippen LogP contribution < -0.4 is 4.74 Å². The van der Waals surface area contributed by atoms with E-state index >= 15 is 0 Å². The standard InChI is InChI=1S/C27H22Cl2FNO3/c1-16-4-9-21(14-22(16)27(32)33-3)31-17(2)5-10-25(31)23-12-19(28)7-11-26(23)34-15-18-6-8-20(30)13-24(18)29/h4-14H,15H2,1-3H3. The minimum Gasteiger partial charge on any atom is -0.488 e. The maximum atomic E-state index is 13.4. The molecule has 0 aliphatic rings. The number of hydrogen-bond acceptors (Lipinski definition) is 3. The second kappa shape index (κ2) is 9.92. The van der Waals surface area contributed by atoms with E-state index in [1.54, 1.807) is 24.3 Å². The number of methoxy groups -OCH3 is 1. The van der Waals surface area contributed by atoms with Crippen molar-refractivity contribution in [2.24, 2.45) is 0 Å². The van der Waals surface area contributed by atoms with Crippen LogP contribution in [0.1, 0.15) is 27.2 Å². The molecule has 4 rings (SSSR count). The third-order valence-electron chi connectivity index (χ3n) is 5.58. The first-order chi connectivity index (χ1) is 16.3. The average Bonchev–Trinajstić information content (AvgIpc) is 3.20. The third-order valence-corrected chi connectivity index (χ3v) is 6.16. The number of halogens is 3. The first-order valence-corrected chi connectivity index (χ1v) is 11.3. The van der Waals surface area contributed by atoms with Crippen molar-refractivity contribution >= 4 is 29.2 Å². The molecule has 4 aromatic rings. The summed E-state index contributed by atoms with van der Waals surface area (Å²) in [7, 11) is 1.36. The number of esters is 1. The summed E-state index contributed by atoms with van der Waals surface area (Å²) in [4.78, 5) is 12.3. The molecule has 1 heterocycles. The van der Waals surface area contributed by atoms with E-state index in [9.17, 15) is 9.18 Å². The first kappa shape index (κ1) is 23.9. The van der Waals surface area contributed by atoms with E-state index in [1.807, 2.05) is 48.7 Å². The van der Waals surface area contributed by atoms with Gasteiger partial charge in [0.1, 0.15) is 18.2 Å². The summed E-state index contributed by atoms with van der Waals surface area (Å²) in [5.74, 6) is -0.211. The van der Waals surface area contributed by atoms with E-state index in [0.717, 1.165) is 28.2 Å². The molecule has 0 atom stereocenters. The maximum Gasteiger partial charge on any atom is 0.338 e.